The van der Waals surface area contributed by atoms with Crippen LogP contribution in [0.25, 0.3) is 0 Å². The summed E-state index contributed by atoms with van der Waals surface area (Å²) in [6, 6.07) is 9.37. The monoisotopic (exact) mass is 497 g/mol. The highest BCUT2D eigenvalue weighted by molar-refractivity contribution is 7.88. The third kappa shape index (κ3) is 4.41. The van der Waals surface area contributed by atoms with Crippen LogP contribution < -0.4 is 16.0 Å². The van der Waals surface area contributed by atoms with Crippen molar-refractivity contribution in [2.24, 2.45) is 5.92 Å². The largest absolute Gasteiger partial charge is 0.347 e. The van der Waals surface area contributed by atoms with Crippen LogP contribution >= 0.6 is 0 Å². The molecule has 11 heteroatoms. The molecule has 0 radical (unpaired) electrons. The van der Waals surface area contributed by atoms with Crippen LogP contribution in [0.4, 0.5) is 11.5 Å². The molecule has 0 bridgehead atoms. The van der Waals surface area contributed by atoms with E-state index in [1.165, 1.54) is 4.31 Å². The van der Waals surface area contributed by atoms with E-state index in [9.17, 15) is 22.8 Å². The molecule has 1 aliphatic carbocycles. The first-order valence-corrected chi connectivity index (χ1v) is 13.4. The Morgan fingerprint density at radius 1 is 1.17 bits per heavy atom. The van der Waals surface area contributed by atoms with Gasteiger partial charge in [0.2, 0.25) is 27.7 Å². The van der Waals surface area contributed by atoms with Gasteiger partial charge in [-0.25, -0.2) is 17.7 Å². The number of benzene rings is 1. The third-order valence-corrected chi connectivity index (χ3v) is 8.48. The van der Waals surface area contributed by atoms with Crippen LogP contribution in [0.3, 0.4) is 0 Å². The Morgan fingerprint density at radius 2 is 1.91 bits per heavy atom. The standard InChI is InChI=1S/C24H27N5O5S/c1-35(33,34)29-9-6-15(7-10-29)22(31)26-14-20(30)27-18-5-4-16-12-24(13-17(16)11-18)19-3-2-8-25-21(19)28-23(24)32/h2-5,8,11,15H,6-7,9-10,12-14H2,1H3,(H,26,31)(H,27,30)(H,25,28,32). The van der Waals surface area contributed by atoms with Gasteiger partial charge in [-0.3, -0.25) is 14.4 Å². The summed E-state index contributed by atoms with van der Waals surface area (Å²) < 4.78 is 24.6. The number of aromatic nitrogens is 1. The van der Waals surface area contributed by atoms with E-state index in [1.807, 2.05) is 24.3 Å². The van der Waals surface area contributed by atoms with E-state index in [-0.39, 0.29) is 30.2 Å². The van der Waals surface area contributed by atoms with Crippen molar-refractivity contribution in [1.82, 2.24) is 14.6 Å². The molecule has 35 heavy (non-hydrogen) atoms. The van der Waals surface area contributed by atoms with E-state index in [0.29, 0.717) is 50.3 Å². The number of sulfonamides is 1. The van der Waals surface area contributed by atoms with Crippen LogP contribution in [-0.2, 0) is 42.7 Å². The van der Waals surface area contributed by atoms with Crippen molar-refractivity contribution < 1.29 is 22.8 Å². The van der Waals surface area contributed by atoms with Gasteiger partial charge in [0, 0.05) is 36.5 Å². The van der Waals surface area contributed by atoms with Gasteiger partial charge in [0.25, 0.3) is 0 Å². The molecule has 1 aromatic carbocycles. The molecule has 1 fully saturated rings. The highest BCUT2D eigenvalue weighted by atomic mass is 32.2. The van der Waals surface area contributed by atoms with Crippen LogP contribution in [0.15, 0.2) is 36.5 Å². The lowest BCUT2D eigenvalue weighted by Crippen LogP contribution is -2.44. The average Bonchev–Trinajstić information content (AvgIpc) is 3.34. The first kappa shape index (κ1) is 23.4. The van der Waals surface area contributed by atoms with E-state index >= 15 is 0 Å². The third-order valence-electron chi connectivity index (χ3n) is 7.18. The summed E-state index contributed by atoms with van der Waals surface area (Å²) in [7, 11) is -3.25. The molecule has 1 saturated heterocycles. The number of pyridine rings is 1. The maximum atomic E-state index is 12.8. The van der Waals surface area contributed by atoms with Gasteiger partial charge in [-0.15, -0.1) is 0 Å². The SMILES string of the molecule is CS(=O)(=O)N1CCC(C(=O)NCC(=O)Nc2ccc3c(c2)CC2(C3)C(=O)Nc3ncccc32)CC1. The minimum Gasteiger partial charge on any atom is -0.347 e. The number of hydrogen-bond donors (Lipinski definition) is 3. The van der Waals surface area contributed by atoms with Gasteiger partial charge in [0.05, 0.1) is 18.2 Å². The molecule has 184 valence electrons. The Balaban J connectivity index is 1.17. The molecule has 3 heterocycles. The first-order valence-electron chi connectivity index (χ1n) is 11.6. The fraction of sp³-hybridized carbons (Fsp3) is 0.417. The zero-order chi connectivity index (χ0) is 24.8. The molecule has 2 aromatic rings. The lowest BCUT2D eigenvalue weighted by atomic mass is 9.79. The Kier molecular flexibility index (Phi) is 5.84. The van der Waals surface area contributed by atoms with Gasteiger partial charge >= 0.3 is 0 Å². The van der Waals surface area contributed by atoms with Crippen molar-refractivity contribution in [1.29, 1.82) is 0 Å². The summed E-state index contributed by atoms with van der Waals surface area (Å²) in [5, 5.41) is 8.35. The fourth-order valence-electron chi connectivity index (χ4n) is 5.31. The van der Waals surface area contributed by atoms with Crippen molar-refractivity contribution in [2.45, 2.75) is 31.1 Å². The molecule has 2 aliphatic heterocycles. The van der Waals surface area contributed by atoms with Crippen LogP contribution in [0.2, 0.25) is 0 Å². The molecule has 0 saturated carbocycles. The number of carbonyl (C=O) groups excluding carboxylic acids is 3. The number of rotatable bonds is 5. The molecule has 1 aromatic heterocycles. The number of hydrogen-bond acceptors (Lipinski definition) is 6. The van der Waals surface area contributed by atoms with Crippen LogP contribution in [-0.4, -0.2) is 61.3 Å². The number of anilines is 2. The zero-order valence-corrected chi connectivity index (χ0v) is 20.2. The molecule has 3 N–H and O–H groups in total. The number of amides is 3. The second kappa shape index (κ2) is 8.72. The fourth-order valence-corrected chi connectivity index (χ4v) is 6.19. The molecule has 3 aliphatic rings. The minimum atomic E-state index is -3.25. The Bertz CT molecular complexity index is 1320. The lowest BCUT2D eigenvalue weighted by Gasteiger charge is -2.29. The molecule has 5 rings (SSSR count). The van der Waals surface area contributed by atoms with E-state index in [0.717, 1.165) is 22.9 Å². The van der Waals surface area contributed by atoms with Crippen molar-refractivity contribution in [2.75, 3.05) is 36.5 Å². The van der Waals surface area contributed by atoms with Crippen molar-refractivity contribution in [3.63, 3.8) is 0 Å². The Morgan fingerprint density at radius 3 is 2.66 bits per heavy atom. The predicted molar refractivity (Wildman–Crippen MR) is 129 cm³/mol. The number of nitrogens with zero attached hydrogens (tertiary/aromatic N) is 2. The van der Waals surface area contributed by atoms with Crippen molar-refractivity contribution in [3.8, 4) is 0 Å². The molecular weight excluding hydrogens is 470 g/mol. The second-order valence-corrected chi connectivity index (χ2v) is 11.5. The van der Waals surface area contributed by atoms with Crippen molar-refractivity contribution >= 4 is 39.3 Å². The Labute approximate surface area is 203 Å². The first-order chi connectivity index (χ1) is 16.7. The number of piperidine rings is 1. The molecule has 1 atom stereocenters. The van der Waals surface area contributed by atoms with Gasteiger partial charge in [-0.05, 0) is 55.0 Å². The van der Waals surface area contributed by atoms with Gasteiger partial charge in [-0.2, -0.15) is 0 Å². The van der Waals surface area contributed by atoms with Crippen molar-refractivity contribution in [3.05, 3.63) is 53.2 Å². The van der Waals surface area contributed by atoms with E-state index in [4.69, 9.17) is 0 Å². The number of fused-ring (bicyclic) bond motifs is 3. The van der Waals surface area contributed by atoms with E-state index in [1.54, 1.807) is 12.3 Å². The van der Waals surface area contributed by atoms with Crippen LogP contribution in [0, 0.1) is 5.92 Å². The molecule has 1 spiro atoms. The van der Waals surface area contributed by atoms with E-state index in [2.05, 4.69) is 20.9 Å². The zero-order valence-electron chi connectivity index (χ0n) is 19.3. The normalized spacial score (nSPS) is 21.9. The summed E-state index contributed by atoms with van der Waals surface area (Å²) >= 11 is 0. The van der Waals surface area contributed by atoms with Gasteiger partial charge in [0.1, 0.15) is 5.82 Å². The average molecular weight is 498 g/mol. The maximum Gasteiger partial charge on any atom is 0.243 e. The highest BCUT2D eigenvalue weighted by Gasteiger charge is 2.51. The van der Waals surface area contributed by atoms with Gasteiger partial charge < -0.3 is 16.0 Å². The van der Waals surface area contributed by atoms with E-state index < -0.39 is 15.4 Å². The van der Waals surface area contributed by atoms with Gasteiger partial charge in [0.15, 0.2) is 0 Å². The molecule has 3 amide bonds. The summed E-state index contributed by atoms with van der Waals surface area (Å²) in [4.78, 5) is 42.0. The second-order valence-electron chi connectivity index (χ2n) is 9.48. The summed E-state index contributed by atoms with van der Waals surface area (Å²) in [6.45, 7) is 0.435. The summed E-state index contributed by atoms with van der Waals surface area (Å²) in [5.74, 6) is -0.363. The maximum absolute atomic E-state index is 12.8. The molecule has 10 nitrogen and oxygen atoms in total. The Hall–Kier alpha value is -3.31. The molecular formula is C24H27N5O5S. The minimum absolute atomic E-state index is 0.0573. The van der Waals surface area contributed by atoms with Crippen LogP contribution in [0.5, 0.6) is 0 Å². The van der Waals surface area contributed by atoms with Gasteiger partial charge in [-0.1, -0.05) is 12.1 Å². The molecule has 1 unspecified atom stereocenters. The summed E-state index contributed by atoms with van der Waals surface area (Å²) in [5.41, 5.74) is 2.89. The number of carbonyl (C=O) groups is 3. The topological polar surface area (TPSA) is 138 Å². The number of nitrogens with one attached hydrogen (secondary N) is 3. The smallest absolute Gasteiger partial charge is 0.243 e. The summed E-state index contributed by atoms with van der Waals surface area (Å²) in [6.07, 6.45) is 4.79. The highest BCUT2D eigenvalue weighted by Crippen LogP contribution is 2.46. The lowest BCUT2D eigenvalue weighted by molar-refractivity contribution is -0.128. The van der Waals surface area contributed by atoms with Crippen LogP contribution in [0.1, 0.15) is 29.5 Å². The predicted octanol–water partition coefficient (Wildman–Crippen LogP) is 0.797. The quantitative estimate of drug-likeness (QED) is 0.559.